The molecule has 2 aromatic carbocycles. The van der Waals surface area contributed by atoms with Gasteiger partial charge in [-0.2, -0.15) is 0 Å². The average Bonchev–Trinajstić information content (AvgIpc) is 3.07. The van der Waals surface area contributed by atoms with Gasteiger partial charge in [-0.05, 0) is 34.4 Å². The Balaban J connectivity index is 0.000000402. The molecule has 0 spiro atoms. The van der Waals surface area contributed by atoms with Gasteiger partial charge in [0.2, 0.25) is 11.8 Å². The quantitative estimate of drug-likeness (QED) is 0.0491. The maximum atomic E-state index is 11.0. The number of carbonyl (C=O) groups is 2. The third-order valence-corrected chi connectivity index (χ3v) is 6.15. The van der Waals surface area contributed by atoms with Crippen molar-refractivity contribution in [2.45, 2.75) is 25.9 Å². The Morgan fingerprint density at radius 2 is 0.722 bits per heavy atom. The van der Waals surface area contributed by atoms with E-state index in [0.29, 0.717) is 13.1 Å². The van der Waals surface area contributed by atoms with Crippen LogP contribution in [-0.2, 0) is 22.7 Å². The van der Waals surface area contributed by atoms with Crippen LogP contribution >= 0.6 is 15.6 Å². The van der Waals surface area contributed by atoms with Crippen molar-refractivity contribution < 1.29 is 69.1 Å². The van der Waals surface area contributed by atoms with E-state index in [2.05, 4.69) is 106 Å². The van der Waals surface area contributed by atoms with Gasteiger partial charge < -0.3 is 10.6 Å². The molecule has 0 aliphatic rings. The molecule has 0 unspecified atom stereocenters. The molecule has 2 heterocycles. The topological polar surface area (TPSA) is 66.0 Å². The number of rotatable bonds is 12. The number of pyridine rings is 2. The van der Waals surface area contributed by atoms with Gasteiger partial charge in [-0.3, -0.25) is 9.59 Å². The summed E-state index contributed by atoms with van der Waals surface area (Å²) in [5, 5.41) is 5.54. The normalized spacial score (nSPS) is 13.4. The molecule has 0 radical (unpaired) electrons. The van der Waals surface area contributed by atoms with E-state index < -0.39 is 15.6 Å². The predicted molar refractivity (Wildman–Crippen MR) is 187 cm³/mol. The second-order valence-electron chi connectivity index (χ2n) is 11.0. The monoisotopic (exact) mass is 824 g/mol. The number of benzene rings is 2. The number of nitrogens with zero attached hydrogens (tertiary/aromatic N) is 2. The molecule has 0 aliphatic heterocycles. The zero-order valence-corrected chi connectivity index (χ0v) is 30.1. The van der Waals surface area contributed by atoms with Crippen LogP contribution in [0.1, 0.15) is 12.8 Å². The Morgan fingerprint density at radius 3 is 0.963 bits per heavy atom. The molecule has 4 rings (SSSR count). The molecule has 0 aliphatic carbocycles. The summed E-state index contributed by atoms with van der Waals surface area (Å²) in [6, 6.07) is 29.0. The molecule has 4 aromatic rings. The summed E-state index contributed by atoms with van der Waals surface area (Å²) in [5.74, 6) is -0.233. The summed E-state index contributed by atoms with van der Waals surface area (Å²) in [4.78, 5) is 22.0. The zero-order chi connectivity index (χ0) is 41.2. The summed E-state index contributed by atoms with van der Waals surface area (Å²) in [5.41, 5.74) is 4.86. The standard InChI is InChI=1S/2C17H18N2O.2F6P/c2*1-2-17(20)18-11-6-12-19-13-9-16(10-14-19)15-7-4-3-5-8-15;2*1-7(2,3,4,5)6/h2*2-5,7-10,13-14H,1,6,11-12H2;;/q;;2*-1/p+2. The molecule has 0 fully saturated rings. The average molecular weight is 825 g/mol. The first-order valence-corrected chi connectivity index (χ1v) is 19.6. The van der Waals surface area contributed by atoms with Crippen LogP contribution in [0.5, 0.6) is 0 Å². The SMILES string of the molecule is C=CC(=O)NCCC[n+]1ccc(-c2ccccc2)cc1.C=CC(=O)NCCC[n+]1ccc(-c2ccccc2)cc1.F[P-](F)(F)(F)(F)F.F[P-](F)(F)(F)(F)F. The molecule has 0 saturated heterocycles. The molecular formula is C34H38F12N4O2P2. The zero-order valence-electron chi connectivity index (χ0n) is 28.3. The third-order valence-electron chi connectivity index (χ3n) is 6.15. The van der Waals surface area contributed by atoms with Crippen molar-refractivity contribution in [3.63, 3.8) is 0 Å². The van der Waals surface area contributed by atoms with Crippen LogP contribution in [0.2, 0.25) is 0 Å². The van der Waals surface area contributed by atoms with Crippen molar-refractivity contribution in [3.8, 4) is 22.3 Å². The number of carbonyl (C=O) groups excluding carboxylic acids is 2. The fourth-order valence-corrected chi connectivity index (χ4v) is 3.95. The molecule has 300 valence electrons. The molecule has 0 atom stereocenters. The first-order valence-electron chi connectivity index (χ1n) is 15.5. The Hall–Kier alpha value is -4.82. The van der Waals surface area contributed by atoms with Crippen molar-refractivity contribution >= 4 is 27.4 Å². The van der Waals surface area contributed by atoms with E-state index in [4.69, 9.17) is 0 Å². The van der Waals surface area contributed by atoms with Gasteiger partial charge in [-0.25, -0.2) is 9.13 Å². The van der Waals surface area contributed by atoms with Crippen molar-refractivity contribution in [2.75, 3.05) is 13.1 Å². The Bertz CT molecular complexity index is 1640. The molecule has 0 saturated carbocycles. The van der Waals surface area contributed by atoms with E-state index in [1.165, 1.54) is 34.4 Å². The number of amides is 2. The molecule has 2 N–H and O–H groups in total. The number of nitrogens with one attached hydrogen (secondary N) is 2. The minimum atomic E-state index is -10.7. The van der Waals surface area contributed by atoms with Gasteiger partial charge in [0.1, 0.15) is 13.1 Å². The summed E-state index contributed by atoms with van der Waals surface area (Å²) in [6.07, 6.45) is 12.7. The summed E-state index contributed by atoms with van der Waals surface area (Å²) in [7, 11) is -21.3. The van der Waals surface area contributed by atoms with E-state index >= 15 is 0 Å². The second kappa shape index (κ2) is 18.0. The fraction of sp³-hybridized carbons (Fsp3) is 0.176. The Kier molecular flexibility index (Phi) is 15.7. The van der Waals surface area contributed by atoms with Crippen LogP contribution in [0, 0.1) is 0 Å². The Morgan fingerprint density at radius 1 is 0.481 bits per heavy atom. The van der Waals surface area contributed by atoms with Gasteiger partial charge in [-0.1, -0.05) is 73.8 Å². The van der Waals surface area contributed by atoms with Crippen LogP contribution < -0.4 is 19.8 Å². The minimum absolute atomic E-state index is 0.116. The molecule has 2 aromatic heterocycles. The van der Waals surface area contributed by atoms with Crippen LogP contribution in [0.15, 0.2) is 135 Å². The van der Waals surface area contributed by atoms with Gasteiger partial charge in [0, 0.05) is 50.2 Å². The first kappa shape index (κ1) is 47.2. The van der Waals surface area contributed by atoms with Crippen molar-refractivity contribution in [1.29, 1.82) is 0 Å². The predicted octanol–water partition coefficient (Wildman–Crippen LogP) is 11.4. The first-order chi connectivity index (χ1) is 24.5. The fourth-order valence-electron chi connectivity index (χ4n) is 3.95. The molecule has 54 heavy (non-hydrogen) atoms. The van der Waals surface area contributed by atoms with E-state index in [1.54, 1.807) is 0 Å². The van der Waals surface area contributed by atoms with E-state index in [-0.39, 0.29) is 11.8 Å². The van der Waals surface area contributed by atoms with Crippen LogP contribution in [0.4, 0.5) is 50.4 Å². The van der Waals surface area contributed by atoms with Crippen molar-refractivity contribution in [2.24, 2.45) is 0 Å². The van der Waals surface area contributed by atoms with Gasteiger partial charge in [0.15, 0.2) is 24.8 Å². The number of halogens is 12. The summed E-state index contributed by atoms with van der Waals surface area (Å²) < 4.78 is 123. The van der Waals surface area contributed by atoms with E-state index in [1.807, 2.05) is 36.4 Å². The summed E-state index contributed by atoms with van der Waals surface area (Å²) in [6.45, 7) is 9.93. The van der Waals surface area contributed by atoms with Crippen molar-refractivity contribution in [3.05, 3.63) is 135 Å². The van der Waals surface area contributed by atoms with E-state index in [0.717, 1.165) is 25.9 Å². The van der Waals surface area contributed by atoms with Crippen LogP contribution in [-0.4, -0.2) is 24.9 Å². The third kappa shape index (κ3) is 30.8. The molecule has 6 nitrogen and oxygen atoms in total. The molecule has 2 amide bonds. The number of hydrogen-bond donors (Lipinski definition) is 2. The van der Waals surface area contributed by atoms with Crippen LogP contribution in [0.3, 0.4) is 0 Å². The molecule has 0 bridgehead atoms. The molecular weight excluding hydrogens is 786 g/mol. The number of aryl methyl sites for hydroxylation is 2. The van der Waals surface area contributed by atoms with Gasteiger partial charge in [0.25, 0.3) is 0 Å². The Labute approximate surface area is 303 Å². The van der Waals surface area contributed by atoms with Gasteiger partial charge >= 0.3 is 66.0 Å². The molecule has 20 heteroatoms. The van der Waals surface area contributed by atoms with Gasteiger partial charge in [-0.15, -0.1) is 0 Å². The van der Waals surface area contributed by atoms with Gasteiger partial charge in [0.05, 0.1) is 0 Å². The maximum absolute atomic E-state index is 11.0. The number of hydrogen-bond acceptors (Lipinski definition) is 2. The van der Waals surface area contributed by atoms with Crippen LogP contribution in [0.25, 0.3) is 22.3 Å². The summed E-state index contributed by atoms with van der Waals surface area (Å²) >= 11 is 0. The second-order valence-corrected chi connectivity index (χ2v) is 14.8. The number of aromatic nitrogens is 2. The van der Waals surface area contributed by atoms with E-state index in [9.17, 15) is 60.0 Å². The van der Waals surface area contributed by atoms with Crippen molar-refractivity contribution in [1.82, 2.24) is 10.6 Å².